The highest BCUT2D eigenvalue weighted by molar-refractivity contribution is 5.77. The van der Waals surface area contributed by atoms with Gasteiger partial charge in [0.25, 0.3) is 0 Å². The van der Waals surface area contributed by atoms with Gasteiger partial charge >= 0.3 is 12.1 Å². The molecule has 0 fully saturated rings. The first-order valence-electron chi connectivity index (χ1n) is 5.51. The Bertz CT molecular complexity index is 401. The van der Waals surface area contributed by atoms with E-state index in [9.17, 15) is 18.0 Å². The molecule has 6 heteroatoms. The number of benzene rings is 1. The van der Waals surface area contributed by atoms with Crippen molar-refractivity contribution in [3.63, 3.8) is 0 Å². The summed E-state index contributed by atoms with van der Waals surface area (Å²) in [5, 5.41) is 11.6. The van der Waals surface area contributed by atoms with Crippen molar-refractivity contribution >= 4 is 11.7 Å². The van der Waals surface area contributed by atoms with Gasteiger partial charge in [-0.25, -0.2) is 4.79 Å². The Labute approximate surface area is 103 Å². The second-order valence-corrected chi connectivity index (χ2v) is 3.90. The number of carboxylic acids is 1. The summed E-state index contributed by atoms with van der Waals surface area (Å²) in [5.41, 5.74) is -0.390. The fourth-order valence-corrected chi connectivity index (χ4v) is 1.50. The maximum atomic E-state index is 12.3. The third kappa shape index (κ3) is 3.94. The number of carboxylic acid groups (broad SMARTS) is 1. The van der Waals surface area contributed by atoms with Gasteiger partial charge in [0.15, 0.2) is 0 Å². The van der Waals surface area contributed by atoms with Gasteiger partial charge < -0.3 is 10.4 Å². The number of nitrogens with one attached hydrogen (secondary N) is 1. The van der Waals surface area contributed by atoms with Crippen molar-refractivity contribution in [3.8, 4) is 0 Å². The van der Waals surface area contributed by atoms with Crippen LogP contribution >= 0.6 is 0 Å². The zero-order valence-corrected chi connectivity index (χ0v) is 9.79. The largest absolute Gasteiger partial charge is 0.480 e. The lowest BCUT2D eigenvalue weighted by atomic mass is 10.1. The molecule has 1 unspecified atom stereocenters. The number of hydrogen-bond acceptors (Lipinski definition) is 2. The van der Waals surface area contributed by atoms with Crippen LogP contribution < -0.4 is 5.32 Å². The molecule has 18 heavy (non-hydrogen) atoms. The fourth-order valence-electron chi connectivity index (χ4n) is 1.50. The molecule has 0 saturated carbocycles. The number of aliphatic carboxylic acids is 1. The van der Waals surface area contributed by atoms with E-state index in [0.29, 0.717) is 18.5 Å². The molecule has 0 saturated heterocycles. The van der Waals surface area contributed by atoms with E-state index in [2.05, 4.69) is 5.32 Å². The standard InChI is InChI=1S/C12H14F3NO2/c1-2-3-10(11(17)18)16-9-6-4-8(5-7-9)12(13,14)15/h4-7,10,16H,2-3H2,1H3,(H,17,18). The van der Waals surface area contributed by atoms with E-state index in [4.69, 9.17) is 5.11 Å². The Morgan fingerprint density at radius 1 is 1.33 bits per heavy atom. The molecule has 0 spiro atoms. The zero-order chi connectivity index (χ0) is 13.8. The van der Waals surface area contributed by atoms with Crippen molar-refractivity contribution in [2.75, 3.05) is 5.32 Å². The minimum Gasteiger partial charge on any atom is -0.480 e. The summed E-state index contributed by atoms with van der Waals surface area (Å²) in [4.78, 5) is 10.9. The lowest BCUT2D eigenvalue weighted by Gasteiger charge is -2.15. The molecule has 1 atom stereocenters. The Morgan fingerprint density at radius 2 is 1.89 bits per heavy atom. The predicted octanol–water partition coefficient (Wildman–Crippen LogP) is 3.37. The Hall–Kier alpha value is -1.72. The van der Waals surface area contributed by atoms with E-state index < -0.39 is 23.8 Å². The normalized spacial score (nSPS) is 13.1. The Morgan fingerprint density at radius 3 is 2.28 bits per heavy atom. The Balaban J connectivity index is 2.76. The van der Waals surface area contributed by atoms with Crippen LogP contribution in [0, 0.1) is 0 Å². The average Bonchev–Trinajstić information content (AvgIpc) is 2.28. The molecule has 1 aromatic carbocycles. The zero-order valence-electron chi connectivity index (χ0n) is 9.79. The quantitative estimate of drug-likeness (QED) is 0.854. The van der Waals surface area contributed by atoms with Gasteiger partial charge in [-0.05, 0) is 30.7 Å². The number of halogens is 3. The molecule has 0 aliphatic heterocycles. The van der Waals surface area contributed by atoms with Crippen LogP contribution in [0.1, 0.15) is 25.3 Å². The van der Waals surface area contributed by atoms with Crippen molar-refractivity contribution in [1.29, 1.82) is 0 Å². The SMILES string of the molecule is CCCC(Nc1ccc(C(F)(F)F)cc1)C(=O)O. The molecule has 0 heterocycles. The van der Waals surface area contributed by atoms with Crippen LogP contribution in [-0.2, 0) is 11.0 Å². The predicted molar refractivity (Wildman–Crippen MR) is 61.4 cm³/mol. The summed E-state index contributed by atoms with van der Waals surface area (Å²) in [6.45, 7) is 1.84. The fraction of sp³-hybridized carbons (Fsp3) is 0.417. The van der Waals surface area contributed by atoms with Crippen LogP contribution in [0.4, 0.5) is 18.9 Å². The minimum atomic E-state index is -4.38. The van der Waals surface area contributed by atoms with Crippen molar-refractivity contribution < 1.29 is 23.1 Å². The van der Waals surface area contributed by atoms with Gasteiger partial charge in [-0.2, -0.15) is 13.2 Å². The molecule has 0 aromatic heterocycles. The second kappa shape index (κ2) is 5.75. The lowest BCUT2D eigenvalue weighted by Crippen LogP contribution is -2.28. The van der Waals surface area contributed by atoms with E-state index in [1.807, 2.05) is 6.92 Å². The molecular weight excluding hydrogens is 247 g/mol. The summed E-state index contributed by atoms with van der Waals surface area (Å²) in [5.74, 6) is -1.02. The molecule has 0 radical (unpaired) electrons. The van der Waals surface area contributed by atoms with Crippen LogP contribution in [0.25, 0.3) is 0 Å². The van der Waals surface area contributed by atoms with Crippen LogP contribution in [0.3, 0.4) is 0 Å². The van der Waals surface area contributed by atoms with E-state index in [1.54, 1.807) is 0 Å². The highest BCUT2D eigenvalue weighted by atomic mass is 19.4. The molecule has 3 nitrogen and oxygen atoms in total. The van der Waals surface area contributed by atoms with Crippen LogP contribution in [0.15, 0.2) is 24.3 Å². The molecule has 0 amide bonds. The molecule has 1 aromatic rings. The minimum absolute atomic E-state index is 0.365. The number of anilines is 1. The first kappa shape index (κ1) is 14.3. The summed E-state index contributed by atoms with van der Waals surface area (Å²) < 4.78 is 36.9. The van der Waals surface area contributed by atoms with Crippen LogP contribution in [0.2, 0.25) is 0 Å². The van der Waals surface area contributed by atoms with Crippen LogP contribution in [-0.4, -0.2) is 17.1 Å². The van der Waals surface area contributed by atoms with Gasteiger partial charge in [0.1, 0.15) is 6.04 Å². The number of hydrogen-bond donors (Lipinski definition) is 2. The van der Waals surface area contributed by atoms with Crippen molar-refractivity contribution in [2.45, 2.75) is 32.0 Å². The highest BCUT2D eigenvalue weighted by Gasteiger charge is 2.30. The molecule has 1 rings (SSSR count). The number of rotatable bonds is 5. The number of alkyl halides is 3. The van der Waals surface area contributed by atoms with Crippen molar-refractivity contribution in [2.24, 2.45) is 0 Å². The highest BCUT2D eigenvalue weighted by Crippen LogP contribution is 2.29. The van der Waals surface area contributed by atoms with Gasteiger partial charge in [0.05, 0.1) is 5.56 Å². The topological polar surface area (TPSA) is 49.3 Å². The van der Waals surface area contributed by atoms with Gasteiger partial charge in [-0.1, -0.05) is 13.3 Å². The van der Waals surface area contributed by atoms with E-state index in [-0.39, 0.29) is 0 Å². The van der Waals surface area contributed by atoms with Gasteiger partial charge in [-0.15, -0.1) is 0 Å². The average molecular weight is 261 g/mol. The molecule has 2 N–H and O–H groups in total. The molecule has 100 valence electrons. The third-order valence-electron chi connectivity index (χ3n) is 2.43. The van der Waals surface area contributed by atoms with Gasteiger partial charge in [0, 0.05) is 5.69 Å². The maximum absolute atomic E-state index is 12.3. The van der Waals surface area contributed by atoms with E-state index in [1.165, 1.54) is 12.1 Å². The van der Waals surface area contributed by atoms with Crippen LogP contribution in [0.5, 0.6) is 0 Å². The van der Waals surface area contributed by atoms with Gasteiger partial charge in [0.2, 0.25) is 0 Å². The third-order valence-corrected chi connectivity index (χ3v) is 2.43. The molecule has 0 bridgehead atoms. The first-order valence-corrected chi connectivity index (χ1v) is 5.51. The Kier molecular flexibility index (Phi) is 4.58. The summed E-state index contributed by atoms with van der Waals surface area (Å²) in [6, 6.07) is 3.52. The summed E-state index contributed by atoms with van der Waals surface area (Å²) >= 11 is 0. The lowest BCUT2D eigenvalue weighted by molar-refractivity contribution is -0.138. The molecule has 0 aliphatic rings. The first-order chi connectivity index (χ1) is 8.34. The van der Waals surface area contributed by atoms with E-state index in [0.717, 1.165) is 12.1 Å². The smallest absolute Gasteiger partial charge is 0.416 e. The van der Waals surface area contributed by atoms with Gasteiger partial charge in [-0.3, -0.25) is 0 Å². The molecule has 0 aliphatic carbocycles. The number of carbonyl (C=O) groups is 1. The summed E-state index contributed by atoms with van der Waals surface area (Å²) in [6.07, 6.45) is -3.30. The van der Waals surface area contributed by atoms with E-state index >= 15 is 0 Å². The van der Waals surface area contributed by atoms with Crippen molar-refractivity contribution in [3.05, 3.63) is 29.8 Å². The second-order valence-electron chi connectivity index (χ2n) is 3.90. The van der Waals surface area contributed by atoms with Crippen molar-refractivity contribution in [1.82, 2.24) is 0 Å². The maximum Gasteiger partial charge on any atom is 0.416 e. The monoisotopic (exact) mass is 261 g/mol. The summed E-state index contributed by atoms with van der Waals surface area (Å²) in [7, 11) is 0. The molecular formula is C12H14F3NO2.